The van der Waals surface area contributed by atoms with Gasteiger partial charge in [-0.25, -0.2) is 0 Å². The summed E-state index contributed by atoms with van der Waals surface area (Å²) in [6.45, 7) is 0. The van der Waals surface area contributed by atoms with Crippen LogP contribution in [0.25, 0.3) is 0 Å². The molecule has 1 saturated carbocycles. The van der Waals surface area contributed by atoms with E-state index in [1.165, 1.54) is 11.1 Å². The molecule has 0 aromatic heterocycles. The summed E-state index contributed by atoms with van der Waals surface area (Å²) in [5.41, 5.74) is 2.95. The van der Waals surface area contributed by atoms with Crippen LogP contribution in [-0.4, -0.2) is 10.8 Å². The van der Waals surface area contributed by atoms with Crippen LogP contribution >= 0.6 is 23.2 Å². The topological polar surface area (TPSA) is 0 Å². The first kappa shape index (κ1) is 9.56. The number of hydrogen-bond acceptors (Lipinski definition) is 0. The van der Waals surface area contributed by atoms with Gasteiger partial charge in [-0.2, -0.15) is 0 Å². The quantitative estimate of drug-likeness (QED) is 0.484. The van der Waals surface area contributed by atoms with Gasteiger partial charge in [0.15, 0.2) is 0 Å². The molecule has 0 spiro atoms. The van der Waals surface area contributed by atoms with E-state index in [0.717, 1.165) is 0 Å². The number of alkyl halides is 2. The molecule has 0 N–H and O–H groups in total. The third kappa shape index (κ3) is 0.942. The van der Waals surface area contributed by atoms with E-state index >= 15 is 0 Å². The van der Waals surface area contributed by atoms with Gasteiger partial charge >= 0.3 is 0 Å². The molecule has 0 saturated heterocycles. The Labute approximate surface area is 105 Å². The Kier molecular flexibility index (Phi) is 1.82. The lowest BCUT2D eigenvalue weighted by atomic mass is 9.51. The molecule has 0 amide bonds. The van der Waals surface area contributed by atoms with Gasteiger partial charge in [0, 0.05) is 11.8 Å². The lowest BCUT2D eigenvalue weighted by Crippen LogP contribution is -2.57. The fraction of sp³-hybridized carbons (Fsp3) is 0.429. The van der Waals surface area contributed by atoms with E-state index in [2.05, 4.69) is 36.4 Å². The van der Waals surface area contributed by atoms with Gasteiger partial charge in [-0.05, 0) is 23.0 Å². The van der Waals surface area contributed by atoms with Crippen LogP contribution in [0.5, 0.6) is 0 Å². The number of allylic oxidation sites excluding steroid dienone is 2. The average Bonchev–Trinajstić information content (AvgIpc) is 2.37. The van der Waals surface area contributed by atoms with Crippen molar-refractivity contribution in [1.82, 2.24) is 0 Å². The second-order valence-corrected chi connectivity index (χ2v) is 6.12. The molecule has 16 heavy (non-hydrogen) atoms. The van der Waals surface area contributed by atoms with E-state index in [4.69, 9.17) is 23.2 Å². The predicted octanol–water partition coefficient (Wildman–Crippen LogP) is 3.90. The number of benzene rings is 1. The van der Waals surface area contributed by atoms with Gasteiger partial charge in [0.05, 0.1) is 10.8 Å². The number of halogens is 2. The molecular formula is C14H12Cl2. The molecule has 0 nitrogen and oxygen atoms in total. The largest absolute Gasteiger partial charge is 0.121 e. The highest BCUT2D eigenvalue weighted by atomic mass is 35.5. The van der Waals surface area contributed by atoms with Crippen molar-refractivity contribution >= 4 is 23.2 Å². The van der Waals surface area contributed by atoms with Gasteiger partial charge < -0.3 is 0 Å². The molecule has 1 aromatic carbocycles. The van der Waals surface area contributed by atoms with Gasteiger partial charge in [-0.1, -0.05) is 36.4 Å². The molecule has 0 aliphatic heterocycles. The molecule has 4 aliphatic rings. The standard InChI is InChI=1S/C14H12Cl2/c15-13-11-9-5-6-10(12(11)14(13)16)8-4-2-1-3-7(8)9/h1-6,9-14H/t9-,10-,11-,12-,13-,14+/m1/s1. The normalized spacial score (nSPS) is 47.1. The van der Waals surface area contributed by atoms with E-state index < -0.39 is 0 Å². The van der Waals surface area contributed by atoms with Crippen LogP contribution in [0.15, 0.2) is 36.4 Å². The molecule has 1 aromatic rings. The fourth-order valence-electron chi connectivity index (χ4n) is 3.81. The second kappa shape index (κ2) is 3.05. The van der Waals surface area contributed by atoms with Crippen molar-refractivity contribution in [3.8, 4) is 0 Å². The maximum atomic E-state index is 6.37. The molecule has 0 unspecified atom stereocenters. The van der Waals surface area contributed by atoms with Crippen LogP contribution in [-0.2, 0) is 0 Å². The van der Waals surface area contributed by atoms with Crippen LogP contribution < -0.4 is 0 Å². The molecule has 6 atom stereocenters. The highest BCUT2D eigenvalue weighted by Crippen LogP contribution is 2.63. The van der Waals surface area contributed by atoms with E-state index in [-0.39, 0.29) is 10.8 Å². The van der Waals surface area contributed by atoms with Gasteiger partial charge in [0.25, 0.3) is 0 Å². The minimum Gasteiger partial charge on any atom is -0.121 e. The van der Waals surface area contributed by atoms with Crippen molar-refractivity contribution in [2.24, 2.45) is 11.8 Å². The summed E-state index contributed by atoms with van der Waals surface area (Å²) < 4.78 is 0. The minimum absolute atomic E-state index is 0.150. The zero-order chi connectivity index (χ0) is 10.9. The van der Waals surface area contributed by atoms with Crippen LogP contribution in [0.1, 0.15) is 23.0 Å². The van der Waals surface area contributed by atoms with Crippen molar-refractivity contribution < 1.29 is 0 Å². The minimum atomic E-state index is 0.150. The van der Waals surface area contributed by atoms with Gasteiger partial charge in [0.1, 0.15) is 0 Å². The van der Waals surface area contributed by atoms with E-state index in [0.29, 0.717) is 23.7 Å². The van der Waals surface area contributed by atoms with Gasteiger partial charge in [-0.3, -0.25) is 0 Å². The van der Waals surface area contributed by atoms with Crippen molar-refractivity contribution in [3.05, 3.63) is 47.5 Å². The maximum absolute atomic E-state index is 6.37. The first-order valence-electron chi connectivity index (χ1n) is 5.84. The summed E-state index contributed by atoms with van der Waals surface area (Å²) in [5, 5.41) is 0.301. The first-order chi connectivity index (χ1) is 7.79. The van der Waals surface area contributed by atoms with Gasteiger partial charge in [0.2, 0.25) is 0 Å². The Morgan fingerprint density at radius 2 is 1.19 bits per heavy atom. The van der Waals surface area contributed by atoms with Crippen molar-refractivity contribution in [2.45, 2.75) is 22.6 Å². The molecule has 0 heterocycles. The van der Waals surface area contributed by atoms with Crippen LogP contribution in [0.2, 0.25) is 0 Å². The first-order valence-corrected chi connectivity index (χ1v) is 6.71. The monoisotopic (exact) mass is 250 g/mol. The lowest BCUT2D eigenvalue weighted by Gasteiger charge is -2.58. The molecule has 2 heteroatoms. The Morgan fingerprint density at radius 1 is 0.750 bits per heavy atom. The number of rotatable bonds is 0. The van der Waals surface area contributed by atoms with Crippen molar-refractivity contribution in [1.29, 1.82) is 0 Å². The summed E-state index contributed by atoms with van der Waals surface area (Å²) >= 11 is 12.7. The number of hydrogen-bond donors (Lipinski definition) is 0. The van der Waals surface area contributed by atoms with Gasteiger partial charge in [-0.15, -0.1) is 23.2 Å². The third-order valence-corrected chi connectivity index (χ3v) is 5.81. The SMILES string of the molecule is Cl[C@@H]1[C@H](Cl)[C@H]2[C@H]1[C@@H]1C=C[C@@H]2c2ccccc21. The molecule has 1 fully saturated rings. The fourth-order valence-corrected chi connectivity index (χ4v) is 4.80. The van der Waals surface area contributed by atoms with Crippen molar-refractivity contribution in [2.75, 3.05) is 0 Å². The highest BCUT2D eigenvalue weighted by Gasteiger charge is 2.59. The molecule has 4 aliphatic carbocycles. The predicted molar refractivity (Wildman–Crippen MR) is 67.3 cm³/mol. The summed E-state index contributed by atoms with van der Waals surface area (Å²) in [6.07, 6.45) is 4.68. The maximum Gasteiger partial charge on any atom is 0.0543 e. The second-order valence-electron chi connectivity index (χ2n) is 5.11. The summed E-state index contributed by atoms with van der Waals surface area (Å²) in [7, 11) is 0. The molecule has 82 valence electrons. The molecule has 2 bridgehead atoms. The molecular weight excluding hydrogens is 239 g/mol. The summed E-state index contributed by atoms with van der Waals surface area (Å²) in [5.74, 6) is 2.13. The van der Waals surface area contributed by atoms with Crippen LogP contribution in [0.3, 0.4) is 0 Å². The summed E-state index contributed by atoms with van der Waals surface area (Å²) in [4.78, 5) is 0. The van der Waals surface area contributed by atoms with Crippen LogP contribution in [0, 0.1) is 11.8 Å². The summed E-state index contributed by atoms with van der Waals surface area (Å²) in [6, 6.07) is 8.75. The Morgan fingerprint density at radius 3 is 1.62 bits per heavy atom. The van der Waals surface area contributed by atoms with E-state index in [9.17, 15) is 0 Å². The van der Waals surface area contributed by atoms with E-state index in [1.54, 1.807) is 0 Å². The van der Waals surface area contributed by atoms with Crippen molar-refractivity contribution in [3.63, 3.8) is 0 Å². The highest BCUT2D eigenvalue weighted by molar-refractivity contribution is 6.31. The molecule has 0 radical (unpaired) electrons. The Hall–Kier alpha value is -0.460. The third-order valence-electron chi connectivity index (χ3n) is 4.55. The van der Waals surface area contributed by atoms with Crippen LogP contribution in [0.4, 0.5) is 0 Å². The van der Waals surface area contributed by atoms with E-state index in [1.807, 2.05) is 0 Å². The molecule has 5 rings (SSSR count). The zero-order valence-electron chi connectivity index (χ0n) is 8.68. The Balaban J connectivity index is 1.90. The average molecular weight is 251 g/mol. The zero-order valence-corrected chi connectivity index (χ0v) is 10.2. The lowest BCUT2D eigenvalue weighted by molar-refractivity contribution is 0.129. The smallest absolute Gasteiger partial charge is 0.0543 e. The Bertz CT molecular complexity index is 436.